The van der Waals surface area contributed by atoms with Gasteiger partial charge < -0.3 is 10.5 Å². The lowest BCUT2D eigenvalue weighted by Gasteiger charge is -2.14. The van der Waals surface area contributed by atoms with Gasteiger partial charge in [0.1, 0.15) is 11.9 Å². The van der Waals surface area contributed by atoms with Crippen LogP contribution in [0.1, 0.15) is 37.8 Å². The van der Waals surface area contributed by atoms with Crippen molar-refractivity contribution in [3.05, 3.63) is 29.3 Å². The largest absolute Gasteiger partial charge is 0.488 e. The van der Waals surface area contributed by atoms with Crippen molar-refractivity contribution in [2.75, 3.05) is 0 Å². The van der Waals surface area contributed by atoms with E-state index in [1.54, 1.807) is 0 Å². The Morgan fingerprint density at radius 2 is 2.07 bits per heavy atom. The molecule has 1 aliphatic rings. The fourth-order valence-electron chi connectivity index (χ4n) is 1.92. The first-order chi connectivity index (χ1) is 7.08. The average Bonchev–Trinajstić information content (AvgIpc) is 2.59. The van der Waals surface area contributed by atoms with Gasteiger partial charge in [-0.3, -0.25) is 0 Å². The van der Waals surface area contributed by atoms with Crippen molar-refractivity contribution in [3.63, 3.8) is 0 Å². The Hall–Kier alpha value is -1.02. The minimum Gasteiger partial charge on any atom is -0.488 e. The maximum atomic E-state index is 5.85. The first kappa shape index (κ1) is 10.5. The summed E-state index contributed by atoms with van der Waals surface area (Å²) in [5.74, 6) is 1.58. The summed E-state index contributed by atoms with van der Waals surface area (Å²) in [5, 5.41) is 0. The van der Waals surface area contributed by atoms with Gasteiger partial charge in [0.15, 0.2) is 0 Å². The maximum Gasteiger partial charge on any atom is 0.123 e. The minimum atomic E-state index is 0.0971. The molecule has 1 aromatic rings. The van der Waals surface area contributed by atoms with Crippen molar-refractivity contribution in [2.24, 2.45) is 5.73 Å². The molecule has 0 bridgehead atoms. The van der Waals surface area contributed by atoms with Crippen LogP contribution in [0.5, 0.6) is 5.75 Å². The van der Waals surface area contributed by atoms with Crippen LogP contribution in [-0.2, 0) is 6.42 Å². The van der Waals surface area contributed by atoms with Crippen molar-refractivity contribution in [2.45, 2.75) is 45.3 Å². The quantitative estimate of drug-likeness (QED) is 0.805. The average molecular weight is 205 g/mol. The molecule has 0 aromatic heterocycles. The monoisotopic (exact) mass is 205 g/mol. The summed E-state index contributed by atoms with van der Waals surface area (Å²) in [6, 6.07) is 6.62. The third kappa shape index (κ3) is 2.00. The van der Waals surface area contributed by atoms with Crippen molar-refractivity contribution < 1.29 is 4.74 Å². The van der Waals surface area contributed by atoms with Crippen LogP contribution in [0.15, 0.2) is 18.2 Å². The Labute approximate surface area is 91.4 Å². The highest BCUT2D eigenvalue weighted by atomic mass is 16.5. The Morgan fingerprint density at radius 3 is 2.67 bits per heavy atom. The van der Waals surface area contributed by atoms with Crippen LogP contribution < -0.4 is 10.5 Å². The summed E-state index contributed by atoms with van der Waals surface area (Å²) in [6.07, 6.45) is 1.10. The number of nitrogens with two attached hydrogens (primary N) is 1. The number of hydrogen-bond acceptors (Lipinski definition) is 2. The Bertz CT molecular complexity index is 358. The zero-order valence-electron chi connectivity index (χ0n) is 9.66. The summed E-state index contributed by atoms with van der Waals surface area (Å²) in [4.78, 5) is 0. The molecule has 2 atom stereocenters. The molecule has 82 valence electrons. The van der Waals surface area contributed by atoms with Gasteiger partial charge in [-0.25, -0.2) is 0 Å². The molecule has 0 amide bonds. The first-order valence-electron chi connectivity index (χ1n) is 5.63. The van der Waals surface area contributed by atoms with E-state index in [4.69, 9.17) is 10.5 Å². The predicted molar refractivity (Wildman–Crippen MR) is 62.3 cm³/mol. The van der Waals surface area contributed by atoms with Gasteiger partial charge in [0, 0.05) is 12.5 Å². The number of benzene rings is 1. The highest BCUT2D eigenvalue weighted by molar-refractivity contribution is 5.42. The van der Waals surface area contributed by atoms with E-state index >= 15 is 0 Å². The van der Waals surface area contributed by atoms with Crippen LogP contribution in [0.2, 0.25) is 0 Å². The van der Waals surface area contributed by atoms with E-state index in [0.29, 0.717) is 5.92 Å². The first-order valence-corrected chi connectivity index (χ1v) is 5.63. The van der Waals surface area contributed by atoms with Crippen LogP contribution in [-0.4, -0.2) is 12.1 Å². The molecule has 2 nitrogen and oxygen atoms in total. The van der Waals surface area contributed by atoms with Crippen molar-refractivity contribution >= 4 is 0 Å². The van der Waals surface area contributed by atoms with E-state index in [1.807, 2.05) is 6.92 Å². The lowest BCUT2D eigenvalue weighted by molar-refractivity contribution is 0.206. The van der Waals surface area contributed by atoms with Gasteiger partial charge in [0.25, 0.3) is 0 Å². The van der Waals surface area contributed by atoms with Crippen LogP contribution >= 0.6 is 0 Å². The van der Waals surface area contributed by atoms with Crippen LogP contribution in [0.4, 0.5) is 0 Å². The second-order valence-corrected chi connectivity index (χ2v) is 4.74. The number of ether oxygens (including phenoxy) is 1. The summed E-state index contributed by atoms with van der Waals surface area (Å²) in [7, 11) is 0. The fourth-order valence-corrected chi connectivity index (χ4v) is 1.92. The van der Waals surface area contributed by atoms with Gasteiger partial charge in [0.05, 0.1) is 0 Å². The van der Waals surface area contributed by atoms with Crippen molar-refractivity contribution in [1.82, 2.24) is 0 Å². The molecule has 1 heterocycles. The second-order valence-electron chi connectivity index (χ2n) is 4.74. The molecule has 0 radical (unpaired) electrons. The summed E-state index contributed by atoms with van der Waals surface area (Å²) < 4.78 is 5.83. The smallest absolute Gasteiger partial charge is 0.123 e. The molecule has 0 spiro atoms. The molecule has 2 rings (SSSR count). The number of fused-ring (bicyclic) bond motifs is 1. The van der Waals surface area contributed by atoms with E-state index < -0.39 is 0 Å². The van der Waals surface area contributed by atoms with Crippen molar-refractivity contribution in [3.8, 4) is 5.75 Å². The lowest BCUT2D eigenvalue weighted by atomic mass is 9.99. The third-order valence-corrected chi connectivity index (χ3v) is 3.04. The molecule has 0 fully saturated rings. The third-order valence-electron chi connectivity index (χ3n) is 3.04. The van der Waals surface area contributed by atoms with Gasteiger partial charge in [-0.1, -0.05) is 26.0 Å². The predicted octanol–water partition coefficient (Wildman–Crippen LogP) is 2.46. The van der Waals surface area contributed by atoms with E-state index in [2.05, 4.69) is 32.0 Å². The molecular formula is C13H19NO. The molecule has 0 aliphatic carbocycles. The van der Waals surface area contributed by atoms with Gasteiger partial charge in [-0.05, 0) is 30.0 Å². The molecule has 2 unspecified atom stereocenters. The highest BCUT2D eigenvalue weighted by Gasteiger charge is 2.25. The fraction of sp³-hybridized carbons (Fsp3) is 0.538. The van der Waals surface area contributed by atoms with Crippen LogP contribution in [0, 0.1) is 0 Å². The molecule has 15 heavy (non-hydrogen) atoms. The van der Waals surface area contributed by atoms with Gasteiger partial charge in [-0.15, -0.1) is 0 Å². The molecular weight excluding hydrogens is 186 g/mol. The molecule has 0 saturated carbocycles. The molecule has 1 aromatic carbocycles. The van der Waals surface area contributed by atoms with E-state index in [0.717, 1.165) is 12.2 Å². The van der Waals surface area contributed by atoms with Crippen LogP contribution in [0.3, 0.4) is 0 Å². The SMILES string of the molecule is CC(C)c1ccc2c(c1)OC(C(C)N)C2. The molecule has 1 aliphatic heterocycles. The summed E-state index contributed by atoms with van der Waals surface area (Å²) in [6.45, 7) is 6.39. The number of rotatable bonds is 2. The summed E-state index contributed by atoms with van der Waals surface area (Å²) >= 11 is 0. The van der Waals surface area contributed by atoms with Gasteiger partial charge >= 0.3 is 0 Å². The topological polar surface area (TPSA) is 35.2 Å². The molecule has 2 N–H and O–H groups in total. The zero-order valence-corrected chi connectivity index (χ0v) is 9.66. The van der Waals surface area contributed by atoms with Gasteiger partial charge in [0.2, 0.25) is 0 Å². The highest BCUT2D eigenvalue weighted by Crippen LogP contribution is 2.32. The minimum absolute atomic E-state index is 0.0971. The van der Waals surface area contributed by atoms with Crippen LogP contribution in [0.25, 0.3) is 0 Å². The maximum absolute atomic E-state index is 5.85. The molecule has 0 saturated heterocycles. The Morgan fingerprint density at radius 1 is 1.33 bits per heavy atom. The second kappa shape index (κ2) is 3.86. The molecule has 2 heteroatoms. The standard InChI is InChI=1S/C13H19NO/c1-8(2)10-4-5-11-7-12(9(3)14)15-13(11)6-10/h4-6,8-9,12H,7,14H2,1-3H3. The lowest BCUT2D eigenvalue weighted by Crippen LogP contribution is -2.34. The Kier molecular flexibility index (Phi) is 2.70. The van der Waals surface area contributed by atoms with Crippen molar-refractivity contribution in [1.29, 1.82) is 0 Å². The van der Waals surface area contributed by atoms with Gasteiger partial charge in [-0.2, -0.15) is 0 Å². The normalized spacial score (nSPS) is 21.3. The Balaban J connectivity index is 2.24. The number of hydrogen-bond donors (Lipinski definition) is 1. The van der Waals surface area contributed by atoms with E-state index in [-0.39, 0.29) is 12.1 Å². The van der Waals surface area contributed by atoms with E-state index in [1.165, 1.54) is 11.1 Å². The zero-order chi connectivity index (χ0) is 11.0. The van der Waals surface area contributed by atoms with E-state index in [9.17, 15) is 0 Å². The summed E-state index contributed by atoms with van der Waals surface area (Å²) in [5.41, 5.74) is 8.48.